The molecule has 0 unspecified atom stereocenters. The van der Waals surface area contributed by atoms with E-state index in [0.29, 0.717) is 24.4 Å². The van der Waals surface area contributed by atoms with Gasteiger partial charge in [0.25, 0.3) is 0 Å². The van der Waals surface area contributed by atoms with Gasteiger partial charge >= 0.3 is 6.09 Å². The second kappa shape index (κ2) is 7.09. The molecule has 3 rings (SSSR count). The Morgan fingerprint density at radius 2 is 1.77 bits per heavy atom. The summed E-state index contributed by atoms with van der Waals surface area (Å²) in [6, 6.07) is 15.0. The highest BCUT2D eigenvalue weighted by Crippen LogP contribution is 2.28. The molecule has 2 aromatic rings. The molecule has 1 amide bonds. The van der Waals surface area contributed by atoms with E-state index in [0.717, 1.165) is 17.7 Å². The average molecular weight is 350 g/mol. The smallest absolute Gasteiger partial charge is 0.410 e. The standard InChI is InChI=1S/C21H22N2O3/c1-21(2,3)26-20(24)23-11-10-16-12-19(9-6-17(16)14-23)25-18-7-4-15(13-22)5-8-18/h4-9,12H,10-11,14H2,1-3H3. The predicted molar refractivity (Wildman–Crippen MR) is 98.0 cm³/mol. The molecule has 0 aromatic heterocycles. The Bertz CT molecular complexity index is 845. The van der Waals surface area contributed by atoms with E-state index in [2.05, 4.69) is 6.07 Å². The molecular formula is C21H22N2O3. The lowest BCUT2D eigenvalue weighted by Crippen LogP contribution is -2.39. The Labute approximate surface area is 153 Å². The second-order valence-electron chi connectivity index (χ2n) is 7.32. The summed E-state index contributed by atoms with van der Waals surface area (Å²) < 4.78 is 11.3. The van der Waals surface area contributed by atoms with Crippen molar-refractivity contribution in [3.63, 3.8) is 0 Å². The molecule has 1 aliphatic heterocycles. The van der Waals surface area contributed by atoms with Gasteiger partial charge in [-0.1, -0.05) is 6.07 Å². The quantitative estimate of drug-likeness (QED) is 0.791. The maximum absolute atomic E-state index is 12.2. The van der Waals surface area contributed by atoms with Crippen molar-refractivity contribution < 1.29 is 14.3 Å². The van der Waals surface area contributed by atoms with E-state index in [1.165, 1.54) is 5.56 Å². The largest absolute Gasteiger partial charge is 0.457 e. The van der Waals surface area contributed by atoms with Gasteiger partial charge in [0, 0.05) is 13.1 Å². The SMILES string of the molecule is CC(C)(C)OC(=O)N1CCc2cc(Oc3ccc(C#N)cc3)ccc2C1. The van der Waals surface area contributed by atoms with Crippen molar-refractivity contribution in [2.45, 2.75) is 39.3 Å². The highest BCUT2D eigenvalue weighted by atomic mass is 16.6. The van der Waals surface area contributed by atoms with E-state index in [4.69, 9.17) is 14.7 Å². The molecule has 0 atom stereocenters. The fourth-order valence-corrected chi connectivity index (χ4v) is 2.81. The van der Waals surface area contributed by atoms with Gasteiger partial charge in [-0.05, 0) is 74.7 Å². The van der Waals surface area contributed by atoms with Crippen LogP contribution in [0, 0.1) is 11.3 Å². The van der Waals surface area contributed by atoms with Crippen molar-refractivity contribution in [2.24, 2.45) is 0 Å². The van der Waals surface area contributed by atoms with Gasteiger partial charge in [0.1, 0.15) is 17.1 Å². The number of nitrogens with zero attached hydrogens (tertiary/aromatic N) is 2. The highest BCUT2D eigenvalue weighted by molar-refractivity contribution is 5.68. The van der Waals surface area contributed by atoms with Gasteiger partial charge in [0.15, 0.2) is 0 Å². The predicted octanol–water partition coefficient (Wildman–Crippen LogP) is 4.64. The van der Waals surface area contributed by atoms with Gasteiger partial charge in [0.2, 0.25) is 0 Å². The van der Waals surface area contributed by atoms with E-state index in [1.54, 1.807) is 29.2 Å². The Morgan fingerprint density at radius 1 is 1.08 bits per heavy atom. The van der Waals surface area contributed by atoms with Gasteiger partial charge in [0.05, 0.1) is 11.6 Å². The highest BCUT2D eigenvalue weighted by Gasteiger charge is 2.25. The van der Waals surface area contributed by atoms with Gasteiger partial charge in [-0.3, -0.25) is 0 Å². The van der Waals surface area contributed by atoms with E-state index in [9.17, 15) is 4.79 Å². The first-order valence-electron chi connectivity index (χ1n) is 8.62. The molecule has 5 nitrogen and oxygen atoms in total. The van der Waals surface area contributed by atoms with E-state index in [1.807, 2.05) is 39.0 Å². The topological polar surface area (TPSA) is 62.6 Å². The summed E-state index contributed by atoms with van der Waals surface area (Å²) in [5, 5.41) is 8.85. The van der Waals surface area contributed by atoms with Crippen LogP contribution in [-0.2, 0) is 17.7 Å². The minimum absolute atomic E-state index is 0.277. The maximum Gasteiger partial charge on any atom is 0.410 e. The third kappa shape index (κ3) is 4.34. The van der Waals surface area contributed by atoms with E-state index in [-0.39, 0.29) is 6.09 Å². The number of carbonyl (C=O) groups is 1. The van der Waals surface area contributed by atoms with Gasteiger partial charge < -0.3 is 14.4 Å². The van der Waals surface area contributed by atoms with E-state index >= 15 is 0 Å². The molecule has 1 aliphatic rings. The Kier molecular flexibility index (Phi) is 4.85. The van der Waals surface area contributed by atoms with Gasteiger partial charge in [-0.15, -0.1) is 0 Å². The van der Waals surface area contributed by atoms with Crippen molar-refractivity contribution in [1.82, 2.24) is 4.90 Å². The normalized spacial score (nSPS) is 13.5. The van der Waals surface area contributed by atoms with Crippen LogP contribution in [0.1, 0.15) is 37.5 Å². The molecule has 0 spiro atoms. The molecule has 5 heteroatoms. The summed E-state index contributed by atoms with van der Waals surface area (Å²) in [6.07, 6.45) is 0.486. The van der Waals surface area contributed by atoms with Crippen LogP contribution in [-0.4, -0.2) is 23.1 Å². The van der Waals surface area contributed by atoms with Crippen LogP contribution in [0.2, 0.25) is 0 Å². The summed E-state index contributed by atoms with van der Waals surface area (Å²) in [4.78, 5) is 14.0. The van der Waals surface area contributed by atoms with Crippen LogP contribution in [0.25, 0.3) is 0 Å². The van der Waals surface area contributed by atoms with Crippen LogP contribution < -0.4 is 4.74 Å². The number of nitriles is 1. The van der Waals surface area contributed by atoms with Crippen LogP contribution in [0.15, 0.2) is 42.5 Å². The van der Waals surface area contributed by atoms with Crippen LogP contribution in [0.5, 0.6) is 11.5 Å². The van der Waals surface area contributed by atoms with Crippen molar-refractivity contribution >= 4 is 6.09 Å². The summed E-state index contributed by atoms with van der Waals surface area (Å²) >= 11 is 0. The minimum atomic E-state index is -0.490. The molecule has 0 bridgehead atoms. The molecule has 0 saturated carbocycles. The lowest BCUT2D eigenvalue weighted by Gasteiger charge is -2.31. The first-order valence-corrected chi connectivity index (χ1v) is 8.62. The number of hydrogen-bond acceptors (Lipinski definition) is 4. The summed E-state index contributed by atoms with van der Waals surface area (Å²) in [7, 11) is 0. The second-order valence-corrected chi connectivity index (χ2v) is 7.32. The fourth-order valence-electron chi connectivity index (χ4n) is 2.81. The van der Waals surface area contributed by atoms with Crippen molar-refractivity contribution in [3.05, 3.63) is 59.2 Å². The minimum Gasteiger partial charge on any atom is -0.457 e. The zero-order valence-electron chi connectivity index (χ0n) is 15.3. The molecule has 0 fully saturated rings. The number of hydrogen-bond donors (Lipinski definition) is 0. The number of benzene rings is 2. The third-order valence-electron chi connectivity index (χ3n) is 4.06. The molecule has 0 N–H and O–H groups in total. The van der Waals surface area contributed by atoms with E-state index < -0.39 is 5.60 Å². The number of rotatable bonds is 2. The monoisotopic (exact) mass is 350 g/mol. The van der Waals surface area contributed by atoms with Crippen LogP contribution in [0.3, 0.4) is 0 Å². The summed E-state index contributed by atoms with van der Waals surface area (Å²) in [5.74, 6) is 1.44. The zero-order chi connectivity index (χ0) is 18.7. The van der Waals surface area contributed by atoms with Crippen molar-refractivity contribution in [3.8, 4) is 17.6 Å². The Hall–Kier alpha value is -3.00. The number of ether oxygens (including phenoxy) is 2. The first-order chi connectivity index (χ1) is 12.3. The summed E-state index contributed by atoms with van der Waals surface area (Å²) in [5.41, 5.74) is 2.39. The number of amides is 1. The lowest BCUT2D eigenvalue weighted by atomic mass is 10.00. The lowest BCUT2D eigenvalue weighted by molar-refractivity contribution is 0.0224. The molecule has 2 aromatic carbocycles. The molecule has 134 valence electrons. The summed E-state index contributed by atoms with van der Waals surface area (Å²) in [6.45, 7) is 6.78. The Balaban J connectivity index is 1.68. The van der Waals surface area contributed by atoms with Crippen molar-refractivity contribution in [2.75, 3.05) is 6.54 Å². The molecule has 26 heavy (non-hydrogen) atoms. The first kappa shape index (κ1) is 17.8. The van der Waals surface area contributed by atoms with Crippen molar-refractivity contribution in [1.29, 1.82) is 5.26 Å². The van der Waals surface area contributed by atoms with Gasteiger partial charge in [-0.2, -0.15) is 5.26 Å². The fraction of sp³-hybridized carbons (Fsp3) is 0.333. The molecule has 0 aliphatic carbocycles. The zero-order valence-corrected chi connectivity index (χ0v) is 15.3. The molecule has 1 heterocycles. The average Bonchev–Trinajstić information content (AvgIpc) is 2.60. The van der Waals surface area contributed by atoms with Crippen LogP contribution >= 0.6 is 0 Å². The number of carbonyl (C=O) groups excluding carboxylic acids is 1. The van der Waals surface area contributed by atoms with Gasteiger partial charge in [-0.25, -0.2) is 4.79 Å². The molecule has 0 radical (unpaired) electrons. The third-order valence-corrected chi connectivity index (χ3v) is 4.06. The maximum atomic E-state index is 12.2. The molecular weight excluding hydrogens is 328 g/mol. The number of fused-ring (bicyclic) bond motifs is 1. The van der Waals surface area contributed by atoms with Crippen LogP contribution in [0.4, 0.5) is 4.79 Å². The Morgan fingerprint density at radius 3 is 2.42 bits per heavy atom. The molecule has 0 saturated heterocycles.